The lowest BCUT2D eigenvalue weighted by Gasteiger charge is -2.26. The molecule has 0 aliphatic carbocycles. The van der Waals surface area contributed by atoms with Crippen LogP contribution in [0, 0.1) is 13.8 Å². The van der Waals surface area contributed by atoms with Gasteiger partial charge in [0, 0.05) is 28.6 Å². The van der Waals surface area contributed by atoms with Crippen LogP contribution in [0.1, 0.15) is 36.7 Å². The molecule has 70 heavy (non-hydrogen) atoms. The molecule has 1 unspecified atom stereocenters. The van der Waals surface area contributed by atoms with E-state index in [0.717, 1.165) is 33.7 Å². The number of carboxylic acids is 2. The molecule has 0 saturated heterocycles. The maximum absolute atomic E-state index is 12.2. The Labute approximate surface area is 428 Å². The smallest absolute Gasteiger partial charge is 0.406 e. The molecule has 1 aromatic heterocycles. The molecule has 0 aliphatic heterocycles. The topological polar surface area (TPSA) is 227 Å². The summed E-state index contributed by atoms with van der Waals surface area (Å²) < 4.78 is 15.3. The van der Waals surface area contributed by atoms with E-state index in [-0.39, 0.29) is 16.4 Å². The summed E-state index contributed by atoms with van der Waals surface area (Å²) in [5.41, 5.74) is 6.22. The van der Waals surface area contributed by atoms with Crippen molar-refractivity contribution in [3.05, 3.63) is 190 Å². The van der Waals surface area contributed by atoms with Crippen molar-refractivity contribution in [1.29, 1.82) is 0 Å². The summed E-state index contributed by atoms with van der Waals surface area (Å²) in [6, 6.07) is 46.1. The molecule has 364 valence electrons. The average Bonchev–Trinajstić information content (AvgIpc) is 3.84. The number of carbonyl (C=O) groups is 3. The van der Waals surface area contributed by atoms with Crippen molar-refractivity contribution in [2.45, 2.75) is 23.8 Å². The summed E-state index contributed by atoms with van der Waals surface area (Å²) in [6.07, 6.45) is -0.864. The van der Waals surface area contributed by atoms with Crippen LogP contribution in [0.2, 0.25) is 0 Å². The lowest BCUT2D eigenvalue weighted by atomic mass is 10.1. The molecule has 0 bridgehead atoms. The van der Waals surface area contributed by atoms with Crippen molar-refractivity contribution in [3.8, 4) is 22.6 Å². The van der Waals surface area contributed by atoms with Gasteiger partial charge in [-0.25, -0.2) is 14.4 Å². The van der Waals surface area contributed by atoms with Crippen molar-refractivity contribution in [2.75, 3.05) is 12.4 Å². The number of aromatic hydroxyl groups is 1. The number of aromatic carboxylic acids is 2. The highest BCUT2D eigenvalue weighted by Crippen LogP contribution is 2.37. The number of nitrogens with zero attached hydrogens (tertiary/aromatic N) is 1. The Hall–Kier alpha value is -6.75. The molecule has 7 aromatic rings. The van der Waals surface area contributed by atoms with E-state index in [2.05, 4.69) is 15.6 Å². The van der Waals surface area contributed by atoms with E-state index in [1.165, 1.54) is 29.0 Å². The third kappa shape index (κ3) is 18.3. The number of ether oxygens (including phenoxy) is 1. The van der Waals surface area contributed by atoms with E-state index in [1.54, 1.807) is 74.0 Å². The predicted octanol–water partition coefficient (Wildman–Crippen LogP) is 11.4. The normalized spacial score (nSPS) is 11.2. The van der Waals surface area contributed by atoms with Gasteiger partial charge in [-0.05, 0) is 115 Å². The molecule has 1 heterocycles. The highest BCUT2D eigenvalue weighted by atomic mass is 35.6. The molecule has 0 saturated carbocycles. The largest absolute Gasteiger partial charge is 0.507 e. The number of thiocarbonyl (C=S) groups is 1. The minimum absolute atomic E-state index is 0.124. The lowest BCUT2D eigenvalue weighted by molar-refractivity contribution is 0.0686. The zero-order valence-electron chi connectivity index (χ0n) is 37.4. The number of methoxy groups -OCH3 is 1. The maximum atomic E-state index is 12.2. The molecule has 20 heteroatoms. The van der Waals surface area contributed by atoms with Crippen LogP contribution in [0.25, 0.3) is 11.1 Å². The molecule has 14 nitrogen and oxygen atoms in total. The number of nitrogens with one attached hydrogen (secondary N) is 3. The molecule has 8 N–H and O–H groups in total. The van der Waals surface area contributed by atoms with Crippen LogP contribution >= 0.6 is 65.7 Å². The van der Waals surface area contributed by atoms with E-state index in [9.17, 15) is 28.9 Å². The number of benzene rings is 6. The number of amides is 1. The quantitative estimate of drug-likeness (QED) is 0.0199. The summed E-state index contributed by atoms with van der Waals surface area (Å²) in [5.74, 6) is -1.54. The first-order valence-electron chi connectivity index (χ1n) is 20.4. The van der Waals surface area contributed by atoms with Gasteiger partial charge in [0.25, 0.3) is 7.37 Å². The SMILES string of the molecule is COc1ccc(-c2csc(C(=O)O)c2)cc1.Cc1ccc(C=Nc2ccc(C(=O)O)c(O)c2)cc1.Cc1ccc(NC(=S)NC(NC(=O)O)C(Cl)(Cl)Cl)cc1.O=P(O)(c1ccccc1)c1ccccc1. The number of hydrogen-bond acceptors (Lipinski definition) is 9. The number of thiophene rings is 1. The molecule has 1 atom stereocenters. The number of alkyl halides is 3. The van der Waals surface area contributed by atoms with Gasteiger partial charge >= 0.3 is 18.0 Å². The van der Waals surface area contributed by atoms with Gasteiger partial charge in [-0.15, -0.1) is 11.3 Å². The molecular formula is C50H46Cl3N4O10PS2. The van der Waals surface area contributed by atoms with Crippen LogP contribution in [0.3, 0.4) is 0 Å². The van der Waals surface area contributed by atoms with Gasteiger partial charge < -0.3 is 40.7 Å². The fraction of sp³-hybridized carbons (Fsp3) is 0.100. The first-order valence-corrected chi connectivity index (χ1v) is 24.5. The van der Waals surface area contributed by atoms with E-state index in [0.29, 0.717) is 21.2 Å². The van der Waals surface area contributed by atoms with Crippen LogP contribution in [0.15, 0.2) is 168 Å². The summed E-state index contributed by atoms with van der Waals surface area (Å²) in [7, 11) is -1.78. The molecule has 0 aliphatic rings. The number of rotatable bonds is 11. The predicted molar refractivity (Wildman–Crippen MR) is 285 cm³/mol. The van der Waals surface area contributed by atoms with E-state index in [4.69, 9.17) is 67.1 Å². The molecule has 0 radical (unpaired) electrons. The van der Waals surface area contributed by atoms with Gasteiger partial charge in [-0.1, -0.05) is 131 Å². The minimum Gasteiger partial charge on any atom is -0.507 e. The molecule has 7 rings (SSSR count). The summed E-state index contributed by atoms with van der Waals surface area (Å²) >= 11 is 23.3. The Balaban J connectivity index is 0.000000204. The number of halogens is 3. The molecular weight excluding hydrogens is 1020 g/mol. The van der Waals surface area contributed by atoms with Crippen LogP contribution < -0.4 is 31.3 Å². The molecule has 1 amide bonds. The maximum Gasteiger partial charge on any atom is 0.406 e. The van der Waals surface area contributed by atoms with Crippen LogP contribution in [-0.2, 0) is 4.57 Å². The van der Waals surface area contributed by atoms with Gasteiger partial charge in [-0.3, -0.25) is 14.9 Å². The standard InChI is InChI=1S/C15H13NO3.C12H10O3S.C12H11O2P.C11H12Cl3N3O2S/c1-10-2-4-11(5-3-10)9-16-12-6-7-13(15(18)19)14(17)8-12;1-15-10-4-2-8(3-5-10)9-6-11(12(13)14)16-7-9;13-15(14,11-7-3-1-4-8-11)12-9-5-2-6-10-12;1-6-2-4-7(5-3-6)15-9(20)16-8(11(12,13)14)17-10(18)19/h2-9,17H,1H3,(H,18,19);2-7H,1H3,(H,13,14);1-10H,(H,13,14);2-5,8,17H,1H3,(H,18,19)(H2,15,16,20). The number of hydrogen-bond donors (Lipinski definition) is 8. The second-order valence-electron chi connectivity index (χ2n) is 14.5. The Morgan fingerprint density at radius 3 is 1.73 bits per heavy atom. The van der Waals surface area contributed by atoms with Crippen LogP contribution in [0.4, 0.5) is 16.2 Å². The van der Waals surface area contributed by atoms with E-state index in [1.807, 2.05) is 109 Å². The fourth-order valence-corrected chi connectivity index (χ4v) is 8.40. The lowest BCUT2D eigenvalue weighted by Crippen LogP contribution is -2.55. The summed E-state index contributed by atoms with van der Waals surface area (Å²) in [5, 5.41) is 46.2. The van der Waals surface area contributed by atoms with Crippen LogP contribution in [0.5, 0.6) is 11.5 Å². The first kappa shape index (κ1) is 55.8. The zero-order valence-corrected chi connectivity index (χ0v) is 42.2. The third-order valence-corrected chi connectivity index (χ3v) is 13.1. The number of phenols is 1. The van der Waals surface area contributed by atoms with Crippen molar-refractivity contribution in [2.24, 2.45) is 4.99 Å². The molecule has 6 aromatic carbocycles. The van der Waals surface area contributed by atoms with Gasteiger partial charge in [0.05, 0.1) is 12.8 Å². The van der Waals surface area contributed by atoms with E-state index < -0.39 is 35.4 Å². The van der Waals surface area contributed by atoms with Crippen molar-refractivity contribution in [1.82, 2.24) is 10.6 Å². The Kier molecular flexibility index (Phi) is 21.4. The number of aryl methyl sites for hydroxylation is 2. The van der Waals surface area contributed by atoms with Gasteiger partial charge in [0.2, 0.25) is 3.79 Å². The first-order chi connectivity index (χ1) is 33.2. The Morgan fingerprint density at radius 2 is 1.27 bits per heavy atom. The number of anilines is 1. The number of aliphatic imine (C=N–C) groups is 1. The van der Waals surface area contributed by atoms with Gasteiger partial charge in [0.1, 0.15) is 21.9 Å². The summed E-state index contributed by atoms with van der Waals surface area (Å²) in [4.78, 5) is 46.7. The molecule has 0 spiro atoms. The minimum atomic E-state index is -3.40. The van der Waals surface area contributed by atoms with Gasteiger partial charge in [-0.2, -0.15) is 0 Å². The third-order valence-electron chi connectivity index (χ3n) is 9.28. The Morgan fingerprint density at radius 1 is 0.729 bits per heavy atom. The van der Waals surface area contributed by atoms with Gasteiger partial charge in [0.15, 0.2) is 11.3 Å². The monoisotopic (exact) mass is 1060 g/mol. The van der Waals surface area contributed by atoms with E-state index >= 15 is 0 Å². The second-order valence-corrected chi connectivity index (χ2v) is 20.4. The van der Waals surface area contributed by atoms with Crippen molar-refractivity contribution < 1.29 is 49.0 Å². The zero-order chi connectivity index (χ0) is 51.4. The highest BCUT2D eigenvalue weighted by Gasteiger charge is 2.34. The average molecular weight is 1060 g/mol. The van der Waals surface area contributed by atoms with Crippen molar-refractivity contribution >= 4 is 117 Å². The van der Waals surface area contributed by atoms with Crippen molar-refractivity contribution in [3.63, 3.8) is 0 Å². The fourth-order valence-electron chi connectivity index (χ4n) is 5.63. The van der Waals surface area contributed by atoms with Crippen LogP contribution in [-0.4, -0.2) is 71.7 Å². The second kappa shape index (κ2) is 26.9. The highest BCUT2D eigenvalue weighted by molar-refractivity contribution is 7.80. The Bertz CT molecular complexity index is 2860. The summed E-state index contributed by atoms with van der Waals surface area (Å²) in [6.45, 7) is 3.96. The number of carboxylic acid groups (broad SMARTS) is 3. The molecule has 0 fully saturated rings.